The second kappa shape index (κ2) is 8.80. The van der Waals surface area contributed by atoms with Gasteiger partial charge in [-0.2, -0.15) is 0 Å². The third-order valence-electron chi connectivity index (χ3n) is 5.79. The van der Waals surface area contributed by atoms with Crippen molar-refractivity contribution < 1.29 is 18.7 Å². The first-order chi connectivity index (χ1) is 13.0. The highest BCUT2D eigenvalue weighted by atomic mass is 19.1. The summed E-state index contributed by atoms with van der Waals surface area (Å²) >= 11 is 0. The highest BCUT2D eigenvalue weighted by Gasteiger charge is 2.39. The van der Waals surface area contributed by atoms with Crippen LogP contribution < -0.4 is 5.32 Å². The van der Waals surface area contributed by atoms with Crippen molar-refractivity contribution in [2.45, 2.75) is 25.3 Å². The van der Waals surface area contributed by atoms with Crippen LogP contribution in [0.2, 0.25) is 0 Å². The van der Waals surface area contributed by atoms with Gasteiger partial charge >= 0.3 is 0 Å². The van der Waals surface area contributed by atoms with Crippen LogP contribution in [0.1, 0.15) is 19.3 Å². The summed E-state index contributed by atoms with van der Waals surface area (Å²) in [6.45, 7) is 2.37. The number of likely N-dealkylation sites (tertiary alicyclic amines) is 2. The molecule has 0 aromatic heterocycles. The topological polar surface area (TPSA) is 61.9 Å². The number of carbonyl (C=O) groups excluding carboxylic acids is 2. The minimum absolute atomic E-state index is 0.0105. The Bertz CT molecular complexity index is 659. The molecule has 0 radical (unpaired) electrons. The maximum Gasteiger partial charge on any atom is 0.248 e. The third-order valence-corrected chi connectivity index (χ3v) is 5.79. The standard InChI is InChI=1S/C20H28FN3O3/c1-23-12-15(20(26)22-17-5-3-16(21)4-6-17)11-18(23)14-7-9-24(10-8-14)19(25)13-27-2/h3-6,14-15,18H,7-13H2,1-2H3,(H,22,26)/t15-,18-/m0/s1. The molecule has 6 nitrogen and oxygen atoms in total. The predicted molar refractivity (Wildman–Crippen MR) is 101 cm³/mol. The molecule has 0 bridgehead atoms. The summed E-state index contributed by atoms with van der Waals surface area (Å²) in [5.74, 6) is 0.142. The Kier molecular flexibility index (Phi) is 6.44. The summed E-state index contributed by atoms with van der Waals surface area (Å²) in [5, 5.41) is 2.89. The molecule has 2 saturated heterocycles. The molecule has 1 N–H and O–H groups in total. The van der Waals surface area contributed by atoms with Gasteiger partial charge in [0.1, 0.15) is 12.4 Å². The summed E-state index contributed by atoms with van der Waals surface area (Å²) < 4.78 is 17.9. The van der Waals surface area contributed by atoms with Crippen LogP contribution in [-0.4, -0.2) is 68.1 Å². The van der Waals surface area contributed by atoms with Crippen LogP contribution in [0.3, 0.4) is 0 Å². The number of carbonyl (C=O) groups is 2. The molecule has 0 aliphatic carbocycles. The molecular weight excluding hydrogens is 349 g/mol. The van der Waals surface area contributed by atoms with Crippen molar-refractivity contribution in [3.8, 4) is 0 Å². The largest absolute Gasteiger partial charge is 0.375 e. The van der Waals surface area contributed by atoms with Crippen LogP contribution in [0.4, 0.5) is 10.1 Å². The van der Waals surface area contributed by atoms with Gasteiger partial charge in [0.15, 0.2) is 0 Å². The maximum atomic E-state index is 13.0. The van der Waals surface area contributed by atoms with E-state index in [1.165, 1.54) is 19.2 Å². The zero-order valence-corrected chi connectivity index (χ0v) is 16.0. The van der Waals surface area contributed by atoms with E-state index in [0.29, 0.717) is 17.6 Å². The van der Waals surface area contributed by atoms with Crippen LogP contribution in [0.5, 0.6) is 0 Å². The Morgan fingerprint density at radius 1 is 1.22 bits per heavy atom. The predicted octanol–water partition coefficient (Wildman–Crippen LogP) is 1.97. The van der Waals surface area contributed by atoms with Crippen LogP contribution >= 0.6 is 0 Å². The molecule has 0 unspecified atom stereocenters. The lowest BCUT2D eigenvalue weighted by molar-refractivity contribution is -0.136. The molecule has 1 aromatic carbocycles. The third kappa shape index (κ3) is 4.84. The lowest BCUT2D eigenvalue weighted by atomic mass is 9.86. The van der Waals surface area contributed by atoms with Crippen LogP contribution in [0.15, 0.2) is 24.3 Å². The Hall–Kier alpha value is -1.99. The van der Waals surface area contributed by atoms with Gasteiger partial charge in [-0.05, 0) is 56.5 Å². The van der Waals surface area contributed by atoms with Gasteiger partial charge in [0.25, 0.3) is 0 Å². The first-order valence-electron chi connectivity index (χ1n) is 9.51. The van der Waals surface area contributed by atoms with Crippen molar-refractivity contribution in [1.29, 1.82) is 0 Å². The highest BCUT2D eigenvalue weighted by Crippen LogP contribution is 2.33. The smallest absolute Gasteiger partial charge is 0.248 e. The van der Waals surface area contributed by atoms with E-state index in [1.807, 2.05) is 4.90 Å². The Labute approximate surface area is 159 Å². The van der Waals surface area contributed by atoms with E-state index in [4.69, 9.17) is 4.74 Å². The number of methoxy groups -OCH3 is 1. The number of halogens is 1. The molecule has 7 heteroatoms. The van der Waals surface area contributed by atoms with Crippen LogP contribution in [0, 0.1) is 17.7 Å². The molecule has 1 aromatic rings. The number of ether oxygens (including phenoxy) is 1. The van der Waals surface area contributed by atoms with E-state index in [0.717, 1.165) is 38.9 Å². The average Bonchev–Trinajstić information content (AvgIpc) is 3.06. The molecule has 2 aliphatic heterocycles. The summed E-state index contributed by atoms with van der Waals surface area (Å²) in [6, 6.07) is 6.20. The van der Waals surface area contributed by atoms with E-state index in [1.54, 1.807) is 12.1 Å². The second-order valence-corrected chi connectivity index (χ2v) is 7.59. The number of anilines is 1. The van der Waals surface area contributed by atoms with Crippen molar-refractivity contribution in [1.82, 2.24) is 9.80 Å². The molecule has 2 amide bonds. The monoisotopic (exact) mass is 377 g/mol. The van der Waals surface area contributed by atoms with E-state index < -0.39 is 0 Å². The number of benzene rings is 1. The van der Waals surface area contributed by atoms with Crippen LogP contribution in [-0.2, 0) is 14.3 Å². The molecule has 0 spiro atoms. The number of nitrogens with zero attached hydrogens (tertiary/aromatic N) is 2. The molecule has 2 heterocycles. The van der Waals surface area contributed by atoms with Crippen molar-refractivity contribution in [3.63, 3.8) is 0 Å². The van der Waals surface area contributed by atoms with E-state index >= 15 is 0 Å². The highest BCUT2D eigenvalue weighted by molar-refractivity contribution is 5.92. The lowest BCUT2D eigenvalue weighted by Gasteiger charge is -2.37. The zero-order valence-electron chi connectivity index (χ0n) is 16.0. The van der Waals surface area contributed by atoms with Crippen molar-refractivity contribution in [2.24, 2.45) is 11.8 Å². The minimum Gasteiger partial charge on any atom is -0.375 e. The number of piperidine rings is 1. The number of hydrogen-bond donors (Lipinski definition) is 1. The van der Waals surface area contributed by atoms with Crippen molar-refractivity contribution >= 4 is 17.5 Å². The van der Waals surface area contributed by atoms with E-state index in [-0.39, 0.29) is 30.2 Å². The molecule has 0 saturated carbocycles. The Morgan fingerprint density at radius 3 is 2.52 bits per heavy atom. The summed E-state index contributed by atoms with van der Waals surface area (Å²) in [7, 11) is 3.60. The average molecular weight is 377 g/mol. The molecule has 2 atom stereocenters. The van der Waals surface area contributed by atoms with E-state index in [2.05, 4.69) is 17.3 Å². The van der Waals surface area contributed by atoms with Gasteiger partial charge < -0.3 is 19.9 Å². The van der Waals surface area contributed by atoms with Crippen molar-refractivity contribution in [3.05, 3.63) is 30.1 Å². The van der Waals surface area contributed by atoms with Gasteiger partial charge in [0.2, 0.25) is 11.8 Å². The fourth-order valence-corrected chi connectivity index (χ4v) is 4.30. The van der Waals surface area contributed by atoms with Crippen LogP contribution in [0.25, 0.3) is 0 Å². The zero-order chi connectivity index (χ0) is 19.4. The van der Waals surface area contributed by atoms with Gasteiger partial charge in [-0.3, -0.25) is 9.59 Å². The lowest BCUT2D eigenvalue weighted by Crippen LogP contribution is -2.44. The molecule has 2 aliphatic rings. The second-order valence-electron chi connectivity index (χ2n) is 7.59. The maximum absolute atomic E-state index is 13.0. The SMILES string of the molecule is COCC(=O)N1CCC([C@@H]2C[C@H](C(=O)Nc3ccc(F)cc3)CN2C)CC1. The molecule has 2 fully saturated rings. The Balaban J connectivity index is 1.51. The minimum atomic E-state index is -0.316. The fourth-order valence-electron chi connectivity index (χ4n) is 4.30. The van der Waals surface area contributed by atoms with Gasteiger partial charge in [-0.25, -0.2) is 4.39 Å². The first kappa shape index (κ1) is 19.8. The van der Waals surface area contributed by atoms with Gasteiger partial charge in [0.05, 0.1) is 5.92 Å². The number of nitrogens with one attached hydrogen (secondary N) is 1. The van der Waals surface area contributed by atoms with Gasteiger partial charge in [-0.1, -0.05) is 0 Å². The number of hydrogen-bond acceptors (Lipinski definition) is 4. The number of amides is 2. The quantitative estimate of drug-likeness (QED) is 0.852. The van der Waals surface area contributed by atoms with Gasteiger partial charge in [-0.15, -0.1) is 0 Å². The molecule has 148 valence electrons. The molecule has 3 rings (SSSR count). The summed E-state index contributed by atoms with van der Waals surface area (Å²) in [6.07, 6.45) is 2.73. The summed E-state index contributed by atoms with van der Waals surface area (Å²) in [4.78, 5) is 28.7. The van der Waals surface area contributed by atoms with E-state index in [9.17, 15) is 14.0 Å². The Morgan fingerprint density at radius 2 is 1.89 bits per heavy atom. The van der Waals surface area contributed by atoms with Crippen molar-refractivity contribution in [2.75, 3.05) is 45.7 Å². The fraction of sp³-hybridized carbons (Fsp3) is 0.600. The number of rotatable bonds is 5. The van der Waals surface area contributed by atoms with Gasteiger partial charge in [0, 0.05) is 38.5 Å². The normalized spacial score (nSPS) is 24.2. The molecular formula is C20H28FN3O3. The summed E-state index contributed by atoms with van der Waals surface area (Å²) in [5.41, 5.74) is 0.623. The molecule has 27 heavy (non-hydrogen) atoms. The first-order valence-corrected chi connectivity index (χ1v) is 9.51.